The van der Waals surface area contributed by atoms with Gasteiger partial charge in [-0.2, -0.15) is 0 Å². The van der Waals surface area contributed by atoms with Crippen molar-refractivity contribution < 1.29 is 9.53 Å². The molecule has 118 valence electrons. The predicted molar refractivity (Wildman–Crippen MR) is 85.3 cm³/mol. The zero-order valence-corrected chi connectivity index (χ0v) is 13.5. The molecule has 1 aromatic heterocycles. The first kappa shape index (κ1) is 15.0. The lowest BCUT2D eigenvalue weighted by atomic mass is 9.94. The number of hydrogen-bond acceptors (Lipinski definition) is 3. The Morgan fingerprint density at radius 3 is 2.95 bits per heavy atom. The fourth-order valence-electron chi connectivity index (χ4n) is 3.16. The third-order valence-electron chi connectivity index (χ3n) is 4.56. The van der Waals surface area contributed by atoms with E-state index in [1.165, 1.54) is 0 Å². The number of rotatable bonds is 3. The molecule has 3 rings (SSSR count). The maximum absolute atomic E-state index is 12.6. The van der Waals surface area contributed by atoms with Gasteiger partial charge in [0, 0.05) is 20.7 Å². The Morgan fingerprint density at radius 1 is 1.45 bits per heavy atom. The topological polar surface area (TPSA) is 47.4 Å². The molecule has 1 aromatic carbocycles. The van der Waals surface area contributed by atoms with Gasteiger partial charge in [0.25, 0.3) is 0 Å². The van der Waals surface area contributed by atoms with Gasteiger partial charge in [-0.25, -0.2) is 4.98 Å². The molecule has 0 aliphatic carbocycles. The van der Waals surface area contributed by atoms with Gasteiger partial charge in [0.1, 0.15) is 5.82 Å². The molecule has 0 bridgehead atoms. The van der Waals surface area contributed by atoms with Crippen molar-refractivity contribution in [3.8, 4) is 0 Å². The van der Waals surface area contributed by atoms with Crippen LogP contribution in [-0.4, -0.2) is 40.1 Å². The number of nitrogens with zero attached hydrogens (tertiary/aromatic N) is 3. The van der Waals surface area contributed by atoms with Gasteiger partial charge in [-0.15, -0.1) is 0 Å². The minimum absolute atomic E-state index is 0.00384. The second kappa shape index (κ2) is 6.08. The van der Waals surface area contributed by atoms with Gasteiger partial charge in [-0.1, -0.05) is 12.1 Å². The fraction of sp³-hybridized carbons (Fsp3) is 0.529. The average Bonchev–Trinajstić information content (AvgIpc) is 2.84. The largest absolute Gasteiger partial charge is 0.378 e. The Kier molecular flexibility index (Phi) is 4.16. The molecule has 0 spiro atoms. The highest BCUT2D eigenvalue weighted by Crippen LogP contribution is 2.23. The van der Waals surface area contributed by atoms with Gasteiger partial charge in [-0.3, -0.25) is 4.79 Å². The summed E-state index contributed by atoms with van der Waals surface area (Å²) in [5, 5.41) is 0. The van der Waals surface area contributed by atoms with Crippen molar-refractivity contribution in [1.82, 2.24) is 14.5 Å². The number of para-hydroxylation sites is 2. The Balaban J connectivity index is 1.76. The number of aryl methyl sites for hydroxylation is 1. The Bertz CT molecular complexity index is 680. The van der Waals surface area contributed by atoms with Crippen molar-refractivity contribution in [2.24, 2.45) is 13.0 Å². The summed E-state index contributed by atoms with van der Waals surface area (Å²) >= 11 is 0. The lowest BCUT2D eigenvalue weighted by molar-refractivity contribution is -0.143. The molecule has 2 atom stereocenters. The molecule has 1 saturated heterocycles. The fourth-order valence-corrected chi connectivity index (χ4v) is 3.16. The molecule has 0 saturated carbocycles. The van der Waals surface area contributed by atoms with Crippen LogP contribution >= 0.6 is 0 Å². The first-order valence-corrected chi connectivity index (χ1v) is 7.85. The van der Waals surface area contributed by atoms with E-state index in [4.69, 9.17) is 4.74 Å². The lowest BCUT2D eigenvalue weighted by Gasteiger charge is -2.31. The summed E-state index contributed by atoms with van der Waals surface area (Å²) in [4.78, 5) is 19.1. The molecule has 2 heterocycles. The zero-order valence-electron chi connectivity index (χ0n) is 13.5. The van der Waals surface area contributed by atoms with Crippen LogP contribution in [0.1, 0.15) is 25.6 Å². The number of aromatic nitrogens is 2. The summed E-state index contributed by atoms with van der Waals surface area (Å²) in [6.45, 7) is 3.28. The van der Waals surface area contributed by atoms with Crippen LogP contribution in [0.3, 0.4) is 0 Å². The number of amides is 1. The first-order valence-electron chi connectivity index (χ1n) is 7.85. The first-order chi connectivity index (χ1) is 10.6. The highest BCUT2D eigenvalue weighted by molar-refractivity contribution is 5.79. The molecule has 5 nitrogen and oxygen atoms in total. The van der Waals surface area contributed by atoms with E-state index < -0.39 is 0 Å². The molecular weight excluding hydrogens is 278 g/mol. The van der Waals surface area contributed by atoms with Crippen LogP contribution in [0.25, 0.3) is 11.0 Å². The molecule has 0 unspecified atom stereocenters. The van der Waals surface area contributed by atoms with E-state index in [-0.39, 0.29) is 17.9 Å². The van der Waals surface area contributed by atoms with Crippen molar-refractivity contribution in [2.75, 3.05) is 13.7 Å². The third-order valence-corrected chi connectivity index (χ3v) is 4.56. The molecule has 0 N–H and O–H groups in total. The van der Waals surface area contributed by atoms with Gasteiger partial charge < -0.3 is 14.2 Å². The number of carbonyl (C=O) groups is 1. The minimum atomic E-state index is -0.0339. The molecule has 0 radical (unpaired) electrons. The standard InChI is InChI=1S/C17H23N3O2/c1-12-13(7-6-10-22-12)17(21)19(2)11-16-18-14-8-4-5-9-15(14)20(16)3/h4-5,8-9,12-13H,6-7,10-11H2,1-3H3/t12-,13+/m0/s1. The van der Waals surface area contributed by atoms with Gasteiger partial charge in [-0.05, 0) is 31.9 Å². The number of ether oxygens (including phenoxy) is 1. The van der Waals surface area contributed by atoms with Crippen molar-refractivity contribution in [3.63, 3.8) is 0 Å². The van der Waals surface area contributed by atoms with Crippen LogP contribution in [0.4, 0.5) is 0 Å². The van der Waals surface area contributed by atoms with Gasteiger partial charge in [0.05, 0.1) is 29.6 Å². The summed E-state index contributed by atoms with van der Waals surface area (Å²) in [7, 11) is 3.85. The summed E-state index contributed by atoms with van der Waals surface area (Å²) in [5.41, 5.74) is 2.06. The van der Waals surface area contributed by atoms with E-state index >= 15 is 0 Å². The van der Waals surface area contributed by atoms with Crippen LogP contribution in [-0.2, 0) is 23.1 Å². The summed E-state index contributed by atoms with van der Waals surface area (Å²) < 4.78 is 7.67. The Labute approximate surface area is 130 Å². The predicted octanol–water partition coefficient (Wildman–Crippen LogP) is 2.35. The molecular formula is C17H23N3O2. The maximum atomic E-state index is 12.6. The summed E-state index contributed by atoms with van der Waals surface area (Å²) in [6, 6.07) is 8.03. The Morgan fingerprint density at radius 2 is 2.23 bits per heavy atom. The number of benzene rings is 1. The SMILES string of the molecule is C[C@@H]1OCCC[C@H]1C(=O)N(C)Cc1nc2ccccc2n1C. The van der Waals surface area contributed by atoms with E-state index in [0.29, 0.717) is 6.54 Å². The molecule has 1 aliphatic rings. The molecule has 1 fully saturated rings. The van der Waals surface area contributed by atoms with E-state index in [1.807, 2.05) is 45.3 Å². The number of imidazole rings is 1. The quantitative estimate of drug-likeness (QED) is 0.874. The molecule has 22 heavy (non-hydrogen) atoms. The van der Waals surface area contributed by atoms with Gasteiger partial charge in [0.2, 0.25) is 5.91 Å². The number of carbonyl (C=O) groups excluding carboxylic acids is 1. The summed E-state index contributed by atoms with van der Waals surface area (Å²) in [6.07, 6.45) is 1.87. The van der Waals surface area contributed by atoms with Crippen LogP contribution in [0.5, 0.6) is 0 Å². The molecule has 2 aromatic rings. The zero-order chi connectivity index (χ0) is 15.7. The van der Waals surface area contributed by atoms with Crippen LogP contribution < -0.4 is 0 Å². The molecule has 1 aliphatic heterocycles. The average molecular weight is 301 g/mol. The number of hydrogen-bond donors (Lipinski definition) is 0. The van der Waals surface area contributed by atoms with E-state index in [1.54, 1.807) is 4.90 Å². The highest BCUT2D eigenvalue weighted by Gasteiger charge is 2.31. The maximum Gasteiger partial charge on any atom is 0.228 e. The minimum Gasteiger partial charge on any atom is -0.378 e. The van der Waals surface area contributed by atoms with Crippen LogP contribution in [0, 0.1) is 5.92 Å². The van der Waals surface area contributed by atoms with Gasteiger partial charge in [0.15, 0.2) is 0 Å². The normalized spacial score (nSPS) is 22.0. The van der Waals surface area contributed by atoms with Crippen molar-refractivity contribution in [3.05, 3.63) is 30.1 Å². The van der Waals surface area contributed by atoms with Crippen LogP contribution in [0.2, 0.25) is 0 Å². The molecule has 5 heteroatoms. The lowest BCUT2D eigenvalue weighted by Crippen LogP contribution is -2.41. The van der Waals surface area contributed by atoms with Crippen molar-refractivity contribution >= 4 is 16.9 Å². The Hall–Kier alpha value is -1.88. The number of fused-ring (bicyclic) bond motifs is 1. The highest BCUT2D eigenvalue weighted by atomic mass is 16.5. The second-order valence-corrected chi connectivity index (χ2v) is 6.09. The smallest absolute Gasteiger partial charge is 0.228 e. The van der Waals surface area contributed by atoms with Gasteiger partial charge >= 0.3 is 0 Å². The van der Waals surface area contributed by atoms with Crippen LogP contribution in [0.15, 0.2) is 24.3 Å². The second-order valence-electron chi connectivity index (χ2n) is 6.09. The monoisotopic (exact) mass is 301 g/mol. The van der Waals surface area contributed by atoms with E-state index in [0.717, 1.165) is 36.3 Å². The third kappa shape index (κ3) is 2.73. The van der Waals surface area contributed by atoms with E-state index in [2.05, 4.69) is 9.55 Å². The van der Waals surface area contributed by atoms with Crippen molar-refractivity contribution in [2.45, 2.75) is 32.4 Å². The van der Waals surface area contributed by atoms with Crippen molar-refractivity contribution in [1.29, 1.82) is 0 Å². The molecule has 1 amide bonds. The summed E-state index contributed by atoms with van der Waals surface area (Å²) in [5.74, 6) is 1.02. The van der Waals surface area contributed by atoms with E-state index in [9.17, 15) is 4.79 Å².